The van der Waals surface area contributed by atoms with Gasteiger partial charge in [-0.1, -0.05) is 36.4 Å². The lowest BCUT2D eigenvalue weighted by Crippen LogP contribution is -2.45. The second-order valence-corrected chi connectivity index (χ2v) is 8.23. The number of anilines is 3. The van der Waals surface area contributed by atoms with E-state index in [1.165, 1.54) is 5.56 Å². The van der Waals surface area contributed by atoms with Gasteiger partial charge in [-0.05, 0) is 37.0 Å². The van der Waals surface area contributed by atoms with E-state index in [4.69, 9.17) is 5.73 Å². The van der Waals surface area contributed by atoms with E-state index >= 15 is 0 Å². The van der Waals surface area contributed by atoms with Crippen molar-refractivity contribution in [1.29, 1.82) is 0 Å². The van der Waals surface area contributed by atoms with Crippen molar-refractivity contribution in [2.45, 2.75) is 32.4 Å². The molecule has 3 aromatic rings. The molecule has 3 heterocycles. The summed E-state index contributed by atoms with van der Waals surface area (Å²) < 4.78 is 1.55. The van der Waals surface area contributed by atoms with Crippen molar-refractivity contribution in [3.8, 4) is 0 Å². The lowest BCUT2D eigenvalue weighted by atomic mass is 10.1. The summed E-state index contributed by atoms with van der Waals surface area (Å²) in [5.74, 6) is 1.12. The molecule has 0 saturated carbocycles. The summed E-state index contributed by atoms with van der Waals surface area (Å²) in [6.07, 6.45) is 2.95. The molecule has 0 radical (unpaired) electrons. The van der Waals surface area contributed by atoms with Crippen molar-refractivity contribution in [2.75, 3.05) is 36.1 Å². The number of nitrogen functional groups attached to an aromatic ring is 1. The lowest BCUT2D eigenvalue weighted by Gasteiger charge is -2.33. The van der Waals surface area contributed by atoms with Gasteiger partial charge in [-0.25, -0.2) is 9.97 Å². The van der Waals surface area contributed by atoms with Crippen LogP contribution in [0.25, 0.3) is 0 Å². The van der Waals surface area contributed by atoms with Gasteiger partial charge in [-0.2, -0.15) is 0 Å². The molecule has 9 nitrogen and oxygen atoms in total. The van der Waals surface area contributed by atoms with Gasteiger partial charge in [0.15, 0.2) is 5.82 Å². The van der Waals surface area contributed by atoms with Crippen molar-refractivity contribution in [2.24, 2.45) is 0 Å². The summed E-state index contributed by atoms with van der Waals surface area (Å²) >= 11 is 0. The predicted octanol–water partition coefficient (Wildman–Crippen LogP) is 2.72. The zero-order valence-corrected chi connectivity index (χ0v) is 21.4. The quantitative estimate of drug-likeness (QED) is 0.439. The molecule has 0 saturated heterocycles. The number of nitrogens with one attached hydrogen (secondary N) is 2. The molecule has 0 bridgehead atoms. The Balaban J connectivity index is 0.00000216. The van der Waals surface area contributed by atoms with Gasteiger partial charge >= 0.3 is 0 Å². The van der Waals surface area contributed by atoms with Crippen LogP contribution >= 0.6 is 24.8 Å². The fraction of sp³-hybridized carbons (Fsp3) is 0.333. The average molecular weight is 520 g/mol. The van der Waals surface area contributed by atoms with E-state index in [-0.39, 0.29) is 42.1 Å². The van der Waals surface area contributed by atoms with Gasteiger partial charge < -0.3 is 21.3 Å². The minimum absolute atomic E-state index is 0. The molecule has 4 N–H and O–H groups in total. The SMILES string of the molecule is Cc1nc(N)ccc1CNC(=O)[C@@H]1CCN(C)c2cnc(NCCc3ccccc3)c(=O)n21.Cl.Cl. The molecular formula is C24H31Cl2N7O2. The van der Waals surface area contributed by atoms with Gasteiger partial charge in [0.25, 0.3) is 5.56 Å². The van der Waals surface area contributed by atoms with Crippen LogP contribution in [0.1, 0.15) is 29.3 Å². The molecule has 1 atom stereocenters. The number of amides is 1. The Bertz CT molecular complexity index is 1200. The summed E-state index contributed by atoms with van der Waals surface area (Å²) in [5, 5.41) is 6.10. The molecule has 11 heteroatoms. The largest absolute Gasteiger partial charge is 0.384 e. The number of aryl methyl sites for hydroxylation is 1. The third-order valence-corrected chi connectivity index (χ3v) is 5.94. The van der Waals surface area contributed by atoms with Crippen LogP contribution < -0.4 is 26.8 Å². The standard InChI is InChI=1S/C24H29N7O2.2ClH/c1-16-18(8-9-20(25)29-16)14-28-23(32)19-11-13-30(2)21-15-27-22(24(33)31(19)21)26-12-10-17-6-4-3-5-7-17;;/h3-9,15,19H,10-14H2,1-2H3,(H2,25,29)(H,26,27)(H,28,32);2*1H/t19-;;/m0../s1. The number of pyridine rings is 1. The first kappa shape index (κ1) is 27.9. The zero-order chi connectivity index (χ0) is 23.4. The monoisotopic (exact) mass is 519 g/mol. The lowest BCUT2D eigenvalue weighted by molar-refractivity contribution is -0.124. The van der Waals surface area contributed by atoms with Crippen LogP contribution in [0.4, 0.5) is 17.5 Å². The number of rotatable bonds is 7. The van der Waals surface area contributed by atoms with E-state index in [1.54, 1.807) is 16.8 Å². The molecule has 2 aromatic heterocycles. The molecule has 0 aliphatic carbocycles. The summed E-state index contributed by atoms with van der Waals surface area (Å²) in [6, 6.07) is 13.0. The van der Waals surface area contributed by atoms with Gasteiger partial charge in [-0.15, -0.1) is 24.8 Å². The third kappa shape index (κ3) is 6.43. The van der Waals surface area contributed by atoms with Gasteiger partial charge in [-0.3, -0.25) is 14.2 Å². The molecular weight excluding hydrogens is 489 g/mol. The highest BCUT2D eigenvalue weighted by molar-refractivity contribution is 5.85. The number of carbonyl (C=O) groups excluding carboxylic acids is 1. The number of halogens is 2. The molecule has 0 unspecified atom stereocenters. The number of nitrogens with two attached hydrogens (primary N) is 1. The third-order valence-electron chi connectivity index (χ3n) is 5.94. The van der Waals surface area contributed by atoms with Crippen molar-refractivity contribution < 1.29 is 4.79 Å². The summed E-state index contributed by atoms with van der Waals surface area (Å²) in [6.45, 7) is 3.40. The topological polar surface area (TPSA) is 118 Å². The predicted molar refractivity (Wildman–Crippen MR) is 144 cm³/mol. The van der Waals surface area contributed by atoms with E-state index < -0.39 is 6.04 Å². The van der Waals surface area contributed by atoms with Crippen LogP contribution in [0, 0.1) is 6.92 Å². The minimum atomic E-state index is -0.608. The molecule has 1 aliphatic rings. The second-order valence-electron chi connectivity index (χ2n) is 8.23. The normalized spacial score (nSPS) is 14.2. The number of nitrogens with zero attached hydrogens (tertiary/aromatic N) is 4. The first-order chi connectivity index (χ1) is 15.9. The first-order valence-corrected chi connectivity index (χ1v) is 11.0. The Hall–Kier alpha value is -3.30. The van der Waals surface area contributed by atoms with Gasteiger partial charge in [0.1, 0.15) is 17.7 Å². The van der Waals surface area contributed by atoms with E-state index in [2.05, 4.69) is 20.6 Å². The Labute approximate surface area is 217 Å². The Morgan fingerprint density at radius 1 is 1.17 bits per heavy atom. The van der Waals surface area contributed by atoms with Crippen LogP contribution in [0.3, 0.4) is 0 Å². The smallest absolute Gasteiger partial charge is 0.295 e. The molecule has 1 aromatic carbocycles. The van der Waals surface area contributed by atoms with Crippen LogP contribution in [0.2, 0.25) is 0 Å². The summed E-state index contributed by atoms with van der Waals surface area (Å²) in [5.41, 5.74) is 8.25. The second kappa shape index (κ2) is 12.4. The Kier molecular flexibility index (Phi) is 9.91. The number of hydrogen-bond donors (Lipinski definition) is 3. The molecule has 35 heavy (non-hydrogen) atoms. The molecule has 188 valence electrons. The number of hydrogen-bond acceptors (Lipinski definition) is 7. The molecule has 4 rings (SSSR count). The van der Waals surface area contributed by atoms with Crippen molar-refractivity contribution in [3.05, 3.63) is 75.8 Å². The highest BCUT2D eigenvalue weighted by atomic mass is 35.5. The Morgan fingerprint density at radius 3 is 2.63 bits per heavy atom. The van der Waals surface area contributed by atoms with Gasteiger partial charge in [0, 0.05) is 32.4 Å². The van der Waals surface area contributed by atoms with Gasteiger partial charge in [0.05, 0.1) is 6.20 Å². The molecule has 1 aliphatic heterocycles. The number of benzene rings is 1. The van der Waals surface area contributed by atoms with E-state index in [0.29, 0.717) is 37.7 Å². The van der Waals surface area contributed by atoms with Crippen LogP contribution in [-0.2, 0) is 17.8 Å². The summed E-state index contributed by atoms with van der Waals surface area (Å²) in [4.78, 5) is 36.9. The number of aromatic nitrogens is 3. The molecule has 0 fully saturated rings. The molecule has 0 spiro atoms. The van der Waals surface area contributed by atoms with Crippen molar-refractivity contribution >= 4 is 48.2 Å². The van der Waals surface area contributed by atoms with Crippen LogP contribution in [0.5, 0.6) is 0 Å². The molecule has 1 amide bonds. The van der Waals surface area contributed by atoms with E-state index in [0.717, 1.165) is 17.7 Å². The first-order valence-electron chi connectivity index (χ1n) is 11.0. The van der Waals surface area contributed by atoms with Crippen LogP contribution in [-0.4, -0.2) is 40.6 Å². The maximum atomic E-state index is 13.3. The maximum absolute atomic E-state index is 13.3. The van der Waals surface area contributed by atoms with Gasteiger partial charge in [0.2, 0.25) is 5.91 Å². The van der Waals surface area contributed by atoms with E-state index in [1.807, 2.05) is 55.3 Å². The van der Waals surface area contributed by atoms with Crippen molar-refractivity contribution in [1.82, 2.24) is 19.9 Å². The number of carbonyl (C=O) groups is 1. The minimum Gasteiger partial charge on any atom is -0.384 e. The fourth-order valence-corrected chi connectivity index (χ4v) is 4.04. The highest BCUT2D eigenvalue weighted by Crippen LogP contribution is 2.25. The average Bonchev–Trinajstić information content (AvgIpc) is 2.81. The fourth-order valence-electron chi connectivity index (χ4n) is 4.04. The highest BCUT2D eigenvalue weighted by Gasteiger charge is 2.30. The summed E-state index contributed by atoms with van der Waals surface area (Å²) in [7, 11) is 1.90. The van der Waals surface area contributed by atoms with E-state index in [9.17, 15) is 9.59 Å². The van der Waals surface area contributed by atoms with Crippen molar-refractivity contribution in [3.63, 3.8) is 0 Å². The number of fused-ring (bicyclic) bond motifs is 1. The zero-order valence-electron chi connectivity index (χ0n) is 19.7. The maximum Gasteiger partial charge on any atom is 0.295 e. The van der Waals surface area contributed by atoms with Crippen LogP contribution in [0.15, 0.2) is 53.5 Å². The Morgan fingerprint density at radius 2 is 1.91 bits per heavy atom.